The molecule has 2 saturated carbocycles. The van der Waals surface area contributed by atoms with Crippen LogP contribution in [0.3, 0.4) is 0 Å². The van der Waals surface area contributed by atoms with Gasteiger partial charge in [0.15, 0.2) is 0 Å². The van der Waals surface area contributed by atoms with Gasteiger partial charge in [0.05, 0.1) is 16.9 Å². The lowest BCUT2D eigenvalue weighted by Crippen LogP contribution is -2.49. The zero-order valence-electron chi connectivity index (χ0n) is 19.3. The third-order valence-corrected chi connectivity index (χ3v) is 8.59. The first-order valence-corrected chi connectivity index (χ1v) is 13.4. The number of rotatable bonds is 9. The molecule has 2 aromatic rings. The highest BCUT2D eigenvalue weighted by Gasteiger charge is 2.45. The van der Waals surface area contributed by atoms with Crippen molar-refractivity contribution in [2.24, 2.45) is 0 Å². The second kappa shape index (κ2) is 10.3. The monoisotopic (exact) mass is 470 g/mol. The van der Waals surface area contributed by atoms with Gasteiger partial charge in [-0.1, -0.05) is 49.9 Å². The number of hydrogen-bond donors (Lipinski definition) is 2. The van der Waals surface area contributed by atoms with Crippen LogP contribution in [0.25, 0.3) is 0 Å². The highest BCUT2D eigenvalue weighted by molar-refractivity contribution is 7.92. The number of methoxy groups -OCH3 is 1. The van der Waals surface area contributed by atoms with E-state index < -0.39 is 15.4 Å². The van der Waals surface area contributed by atoms with Crippen LogP contribution < -0.4 is 10.0 Å². The Labute approximate surface area is 197 Å². The summed E-state index contributed by atoms with van der Waals surface area (Å²) < 4.78 is 33.5. The van der Waals surface area contributed by atoms with Crippen molar-refractivity contribution in [1.29, 1.82) is 0 Å². The number of ether oxygens (including phenoxy) is 1. The second-order valence-electron chi connectivity index (χ2n) is 9.27. The molecule has 2 aromatic carbocycles. The van der Waals surface area contributed by atoms with Crippen molar-refractivity contribution in [3.8, 4) is 0 Å². The highest BCUT2D eigenvalue weighted by atomic mass is 32.2. The van der Waals surface area contributed by atoms with E-state index in [2.05, 4.69) is 10.0 Å². The van der Waals surface area contributed by atoms with Crippen molar-refractivity contribution in [3.63, 3.8) is 0 Å². The van der Waals surface area contributed by atoms with Crippen LogP contribution in [0.2, 0.25) is 0 Å². The molecule has 178 valence electrons. The quantitative estimate of drug-likeness (QED) is 0.520. The van der Waals surface area contributed by atoms with Gasteiger partial charge in [-0.2, -0.15) is 0 Å². The number of nitrogens with one attached hydrogen (secondary N) is 2. The van der Waals surface area contributed by atoms with Crippen LogP contribution in [0.5, 0.6) is 0 Å². The molecule has 0 heterocycles. The van der Waals surface area contributed by atoms with Gasteiger partial charge in [-0.25, -0.2) is 8.42 Å². The third kappa shape index (κ3) is 5.25. The maximum Gasteiger partial charge on any atom is 0.261 e. The van der Waals surface area contributed by atoms with Crippen LogP contribution in [0, 0.1) is 0 Å². The number of anilines is 1. The topological polar surface area (TPSA) is 84.5 Å². The molecular weight excluding hydrogens is 436 g/mol. The van der Waals surface area contributed by atoms with E-state index in [-0.39, 0.29) is 10.8 Å². The molecule has 6 nitrogen and oxygen atoms in total. The van der Waals surface area contributed by atoms with Gasteiger partial charge < -0.3 is 10.1 Å². The molecule has 0 unspecified atom stereocenters. The van der Waals surface area contributed by atoms with Crippen LogP contribution in [-0.2, 0) is 25.0 Å². The number of sulfonamides is 1. The molecule has 0 aromatic heterocycles. The summed E-state index contributed by atoms with van der Waals surface area (Å²) in [7, 11) is -2.07. The van der Waals surface area contributed by atoms with Gasteiger partial charge in [0, 0.05) is 19.3 Å². The van der Waals surface area contributed by atoms with Crippen molar-refractivity contribution < 1.29 is 17.9 Å². The summed E-state index contributed by atoms with van der Waals surface area (Å²) in [5, 5.41) is 2.95. The first kappa shape index (κ1) is 23.8. The molecule has 2 N–H and O–H groups in total. The van der Waals surface area contributed by atoms with Crippen molar-refractivity contribution in [2.75, 3.05) is 25.0 Å². The largest absolute Gasteiger partial charge is 0.383 e. The van der Waals surface area contributed by atoms with Crippen LogP contribution in [0.1, 0.15) is 68.4 Å². The Bertz CT molecular complexity index is 1040. The Balaban J connectivity index is 1.43. The SMILES string of the molecule is COCCNC(=O)C1(c2ccc(NS(=O)(=O)c3ccc(C4CCCCC4)cc3)cc2)CCC1. The van der Waals surface area contributed by atoms with Crippen molar-refractivity contribution >= 4 is 21.6 Å². The Morgan fingerprint density at radius 2 is 1.64 bits per heavy atom. The van der Waals surface area contributed by atoms with E-state index in [4.69, 9.17) is 4.74 Å². The summed E-state index contributed by atoms with van der Waals surface area (Å²) in [4.78, 5) is 13.0. The zero-order chi connectivity index (χ0) is 23.3. The molecule has 0 aliphatic heterocycles. The zero-order valence-corrected chi connectivity index (χ0v) is 20.1. The summed E-state index contributed by atoms with van der Waals surface area (Å²) in [6, 6.07) is 14.5. The molecule has 0 atom stereocenters. The maximum atomic E-state index is 12.9. The van der Waals surface area contributed by atoms with Crippen molar-refractivity contribution in [1.82, 2.24) is 5.32 Å². The first-order chi connectivity index (χ1) is 15.9. The third-order valence-electron chi connectivity index (χ3n) is 7.19. The fourth-order valence-corrected chi connectivity index (χ4v) is 6.10. The van der Waals surface area contributed by atoms with E-state index in [9.17, 15) is 13.2 Å². The average molecular weight is 471 g/mol. The van der Waals surface area contributed by atoms with Crippen LogP contribution in [0.15, 0.2) is 53.4 Å². The van der Waals surface area contributed by atoms with Gasteiger partial charge in [-0.15, -0.1) is 0 Å². The first-order valence-electron chi connectivity index (χ1n) is 12.0. The van der Waals surface area contributed by atoms with Gasteiger partial charge in [0.25, 0.3) is 10.0 Å². The lowest BCUT2D eigenvalue weighted by atomic mass is 9.64. The smallest absolute Gasteiger partial charge is 0.261 e. The van der Waals surface area contributed by atoms with Gasteiger partial charge in [-0.05, 0) is 67.0 Å². The molecule has 0 bridgehead atoms. The fraction of sp³-hybridized carbons (Fsp3) is 0.500. The Kier molecular flexibility index (Phi) is 7.39. The molecule has 2 aliphatic rings. The lowest BCUT2D eigenvalue weighted by Gasteiger charge is -2.40. The van der Waals surface area contributed by atoms with E-state index in [0.29, 0.717) is 24.8 Å². The molecule has 7 heteroatoms. The lowest BCUT2D eigenvalue weighted by molar-refractivity contribution is -0.130. The number of benzene rings is 2. The molecule has 0 radical (unpaired) electrons. The summed E-state index contributed by atoms with van der Waals surface area (Å²) in [6.45, 7) is 0.957. The summed E-state index contributed by atoms with van der Waals surface area (Å²) >= 11 is 0. The molecule has 2 fully saturated rings. The Morgan fingerprint density at radius 3 is 2.21 bits per heavy atom. The minimum atomic E-state index is -3.68. The normalized spacial score (nSPS) is 18.3. The fourth-order valence-electron chi connectivity index (χ4n) is 5.04. The molecule has 0 spiro atoms. The summed E-state index contributed by atoms with van der Waals surface area (Å²) in [5.41, 5.74) is 2.11. The minimum absolute atomic E-state index is 0.0113. The van der Waals surface area contributed by atoms with E-state index in [1.807, 2.05) is 24.3 Å². The highest BCUT2D eigenvalue weighted by Crippen LogP contribution is 2.44. The van der Waals surface area contributed by atoms with E-state index in [1.54, 1.807) is 31.4 Å². The number of carbonyl (C=O) groups excluding carboxylic acids is 1. The molecular formula is C26H34N2O4S. The van der Waals surface area contributed by atoms with Crippen LogP contribution in [-0.4, -0.2) is 34.6 Å². The second-order valence-corrected chi connectivity index (χ2v) is 11.0. The standard InChI is InChI=1S/C26H34N2O4S/c1-32-19-18-27-25(29)26(16-5-17-26)22-10-12-23(13-11-22)28-33(30,31)24-14-8-21(9-15-24)20-6-3-2-4-7-20/h8-15,20,28H,2-7,16-19H2,1H3,(H,27,29). The summed E-state index contributed by atoms with van der Waals surface area (Å²) in [5.74, 6) is 0.554. The van der Waals surface area contributed by atoms with Gasteiger partial charge in [-0.3, -0.25) is 9.52 Å². The predicted molar refractivity (Wildman–Crippen MR) is 130 cm³/mol. The number of carbonyl (C=O) groups is 1. The maximum absolute atomic E-state index is 12.9. The van der Waals surface area contributed by atoms with E-state index in [0.717, 1.165) is 24.8 Å². The molecule has 2 aliphatic carbocycles. The van der Waals surface area contributed by atoms with Gasteiger partial charge >= 0.3 is 0 Å². The Hall–Kier alpha value is -2.38. The predicted octanol–water partition coefficient (Wildman–Crippen LogP) is 4.72. The average Bonchev–Trinajstić information content (AvgIpc) is 2.80. The van der Waals surface area contributed by atoms with Crippen LogP contribution in [0.4, 0.5) is 5.69 Å². The molecule has 0 saturated heterocycles. The molecule has 4 rings (SSSR count). The van der Waals surface area contributed by atoms with Crippen LogP contribution >= 0.6 is 0 Å². The summed E-state index contributed by atoms with van der Waals surface area (Å²) in [6.07, 6.45) is 8.75. The number of amides is 1. The molecule has 33 heavy (non-hydrogen) atoms. The van der Waals surface area contributed by atoms with E-state index in [1.165, 1.54) is 37.7 Å². The van der Waals surface area contributed by atoms with Crippen molar-refractivity contribution in [2.45, 2.75) is 67.6 Å². The molecule has 1 amide bonds. The van der Waals surface area contributed by atoms with Gasteiger partial charge in [0.2, 0.25) is 5.91 Å². The Morgan fingerprint density at radius 1 is 0.970 bits per heavy atom. The van der Waals surface area contributed by atoms with Crippen molar-refractivity contribution in [3.05, 3.63) is 59.7 Å². The minimum Gasteiger partial charge on any atom is -0.383 e. The van der Waals surface area contributed by atoms with Gasteiger partial charge in [0.1, 0.15) is 0 Å². The van der Waals surface area contributed by atoms with E-state index >= 15 is 0 Å². The number of hydrogen-bond acceptors (Lipinski definition) is 4.